The van der Waals surface area contributed by atoms with Gasteiger partial charge in [-0.05, 0) is 24.7 Å². The number of benzene rings is 2. The van der Waals surface area contributed by atoms with Crippen LogP contribution in [0.1, 0.15) is 17.2 Å². The molecule has 0 N–H and O–H groups in total. The summed E-state index contributed by atoms with van der Waals surface area (Å²) in [6, 6.07) is 19.7. The van der Waals surface area contributed by atoms with Crippen LogP contribution in [0.3, 0.4) is 0 Å². The molecule has 1 fully saturated rings. The zero-order valence-electron chi connectivity index (χ0n) is 16.6. The molecular formula is C23H26N4O2. The van der Waals surface area contributed by atoms with Crippen LogP contribution in [0.4, 0.5) is 0 Å². The Morgan fingerprint density at radius 3 is 2.41 bits per heavy atom. The van der Waals surface area contributed by atoms with Gasteiger partial charge in [-0.15, -0.1) is 0 Å². The molecule has 150 valence electrons. The number of nitrogens with zero attached hydrogens (tertiary/aromatic N) is 4. The van der Waals surface area contributed by atoms with Crippen LogP contribution < -0.4 is 0 Å². The molecule has 0 aliphatic carbocycles. The predicted molar refractivity (Wildman–Crippen MR) is 112 cm³/mol. The summed E-state index contributed by atoms with van der Waals surface area (Å²) in [4.78, 5) is 17.4. The zero-order valence-corrected chi connectivity index (χ0v) is 16.6. The van der Waals surface area contributed by atoms with E-state index in [1.165, 1.54) is 0 Å². The SMILES string of the molecule is CN(Cc1cnn(-c2ccccc2)c1)C(C(=O)N1CCOCC1)c1ccccc1. The van der Waals surface area contributed by atoms with Gasteiger partial charge in [0.05, 0.1) is 25.1 Å². The van der Waals surface area contributed by atoms with E-state index in [4.69, 9.17) is 4.74 Å². The second-order valence-electron chi connectivity index (χ2n) is 7.29. The van der Waals surface area contributed by atoms with E-state index in [-0.39, 0.29) is 11.9 Å². The average Bonchev–Trinajstić information content (AvgIpc) is 3.24. The van der Waals surface area contributed by atoms with Gasteiger partial charge in [-0.3, -0.25) is 9.69 Å². The molecule has 3 aromatic rings. The van der Waals surface area contributed by atoms with Crippen molar-refractivity contribution in [2.24, 2.45) is 0 Å². The van der Waals surface area contributed by atoms with E-state index < -0.39 is 0 Å². The lowest BCUT2D eigenvalue weighted by Gasteiger charge is -2.34. The van der Waals surface area contributed by atoms with Crippen LogP contribution in [-0.2, 0) is 16.1 Å². The molecule has 2 heterocycles. The normalized spacial score (nSPS) is 15.4. The number of rotatable bonds is 6. The number of hydrogen-bond donors (Lipinski definition) is 0. The van der Waals surface area contributed by atoms with Gasteiger partial charge in [-0.25, -0.2) is 4.68 Å². The summed E-state index contributed by atoms with van der Waals surface area (Å²) in [7, 11) is 2.00. The third-order valence-electron chi connectivity index (χ3n) is 5.20. The van der Waals surface area contributed by atoms with Crippen molar-refractivity contribution >= 4 is 5.91 Å². The Bertz CT molecular complexity index is 920. The lowest BCUT2D eigenvalue weighted by atomic mass is 10.0. The Balaban J connectivity index is 1.54. The van der Waals surface area contributed by atoms with Crippen molar-refractivity contribution in [1.29, 1.82) is 0 Å². The highest BCUT2D eigenvalue weighted by Crippen LogP contribution is 2.24. The van der Waals surface area contributed by atoms with Crippen molar-refractivity contribution < 1.29 is 9.53 Å². The summed E-state index contributed by atoms with van der Waals surface area (Å²) in [6.07, 6.45) is 3.89. The minimum Gasteiger partial charge on any atom is -0.378 e. The first-order chi connectivity index (χ1) is 14.2. The van der Waals surface area contributed by atoms with E-state index in [2.05, 4.69) is 10.00 Å². The number of amides is 1. The molecule has 2 aromatic carbocycles. The molecule has 0 spiro atoms. The van der Waals surface area contributed by atoms with Gasteiger partial charge in [0.2, 0.25) is 5.91 Å². The number of carbonyl (C=O) groups excluding carboxylic acids is 1. The van der Waals surface area contributed by atoms with Gasteiger partial charge in [0.1, 0.15) is 6.04 Å². The number of likely N-dealkylation sites (N-methyl/N-ethyl adjacent to an activating group) is 1. The molecule has 1 aromatic heterocycles. The number of aromatic nitrogens is 2. The highest BCUT2D eigenvalue weighted by molar-refractivity contribution is 5.83. The fourth-order valence-electron chi connectivity index (χ4n) is 3.72. The molecule has 1 amide bonds. The third kappa shape index (κ3) is 4.55. The van der Waals surface area contributed by atoms with Crippen LogP contribution in [0.2, 0.25) is 0 Å². The molecular weight excluding hydrogens is 364 g/mol. The van der Waals surface area contributed by atoms with Gasteiger partial charge in [-0.1, -0.05) is 48.5 Å². The predicted octanol–water partition coefficient (Wildman–Crippen LogP) is 2.90. The topological polar surface area (TPSA) is 50.6 Å². The number of ether oxygens (including phenoxy) is 1. The Kier molecular flexibility index (Phi) is 6.03. The van der Waals surface area contributed by atoms with Gasteiger partial charge >= 0.3 is 0 Å². The minimum atomic E-state index is -0.339. The van der Waals surface area contributed by atoms with Crippen molar-refractivity contribution in [3.05, 3.63) is 84.2 Å². The van der Waals surface area contributed by atoms with Gasteiger partial charge < -0.3 is 9.64 Å². The Hall–Kier alpha value is -2.96. The number of morpholine rings is 1. The molecule has 0 saturated carbocycles. The monoisotopic (exact) mass is 390 g/mol. The Morgan fingerprint density at radius 2 is 1.72 bits per heavy atom. The summed E-state index contributed by atoms with van der Waals surface area (Å²) in [5.41, 5.74) is 3.08. The highest BCUT2D eigenvalue weighted by atomic mass is 16.5. The van der Waals surface area contributed by atoms with Gasteiger partial charge in [0, 0.05) is 31.4 Å². The first kappa shape index (κ1) is 19.4. The van der Waals surface area contributed by atoms with Crippen LogP contribution in [0.5, 0.6) is 0 Å². The molecule has 0 radical (unpaired) electrons. The van der Waals surface area contributed by atoms with Crippen molar-refractivity contribution in [3.8, 4) is 5.69 Å². The quantitative estimate of drug-likeness (QED) is 0.649. The molecule has 4 rings (SSSR count). The van der Waals surface area contributed by atoms with Crippen LogP contribution in [0, 0.1) is 0 Å². The van der Waals surface area contributed by atoms with E-state index in [0.29, 0.717) is 32.8 Å². The van der Waals surface area contributed by atoms with Crippen LogP contribution in [0.25, 0.3) is 5.69 Å². The first-order valence-corrected chi connectivity index (χ1v) is 9.93. The lowest BCUT2D eigenvalue weighted by molar-refractivity contribution is -0.141. The molecule has 1 saturated heterocycles. The van der Waals surface area contributed by atoms with Crippen molar-refractivity contribution in [3.63, 3.8) is 0 Å². The number of carbonyl (C=O) groups is 1. The van der Waals surface area contributed by atoms with Crippen LogP contribution in [0.15, 0.2) is 73.1 Å². The summed E-state index contributed by atoms with van der Waals surface area (Å²) in [5, 5.41) is 4.48. The van der Waals surface area contributed by atoms with E-state index in [1.54, 1.807) is 0 Å². The van der Waals surface area contributed by atoms with Gasteiger partial charge in [-0.2, -0.15) is 5.10 Å². The second-order valence-corrected chi connectivity index (χ2v) is 7.29. The van der Waals surface area contributed by atoms with Crippen molar-refractivity contribution in [1.82, 2.24) is 19.6 Å². The zero-order chi connectivity index (χ0) is 20.1. The lowest BCUT2D eigenvalue weighted by Crippen LogP contribution is -2.46. The van der Waals surface area contributed by atoms with Crippen LogP contribution in [-0.4, -0.2) is 58.8 Å². The molecule has 6 heteroatoms. The van der Waals surface area contributed by atoms with E-state index >= 15 is 0 Å². The average molecular weight is 390 g/mol. The first-order valence-electron chi connectivity index (χ1n) is 9.93. The molecule has 0 bridgehead atoms. The molecule has 1 aliphatic rings. The highest BCUT2D eigenvalue weighted by Gasteiger charge is 2.30. The molecule has 29 heavy (non-hydrogen) atoms. The standard InChI is InChI=1S/C23H26N4O2/c1-25(17-19-16-24-27(18-19)21-10-6-3-7-11-21)22(20-8-4-2-5-9-20)23(28)26-12-14-29-15-13-26/h2-11,16,18,22H,12-15,17H2,1H3. The fourth-order valence-corrected chi connectivity index (χ4v) is 3.72. The summed E-state index contributed by atoms with van der Waals surface area (Å²) in [6.45, 7) is 3.11. The third-order valence-corrected chi connectivity index (χ3v) is 5.20. The molecule has 1 atom stereocenters. The second kappa shape index (κ2) is 9.03. The maximum absolute atomic E-state index is 13.4. The molecule has 1 unspecified atom stereocenters. The molecule has 1 aliphatic heterocycles. The summed E-state index contributed by atoms with van der Waals surface area (Å²) in [5.74, 6) is 0.123. The smallest absolute Gasteiger partial charge is 0.244 e. The number of para-hydroxylation sites is 1. The van der Waals surface area contributed by atoms with Crippen molar-refractivity contribution in [2.45, 2.75) is 12.6 Å². The minimum absolute atomic E-state index is 0.123. The van der Waals surface area contributed by atoms with Crippen molar-refractivity contribution in [2.75, 3.05) is 33.4 Å². The summed E-state index contributed by atoms with van der Waals surface area (Å²) < 4.78 is 7.28. The maximum Gasteiger partial charge on any atom is 0.244 e. The molecule has 6 nitrogen and oxygen atoms in total. The Labute approximate surface area is 171 Å². The van der Waals surface area contributed by atoms with E-state index in [1.807, 2.05) is 89.7 Å². The van der Waals surface area contributed by atoms with Gasteiger partial charge in [0.25, 0.3) is 0 Å². The Morgan fingerprint density at radius 1 is 1.07 bits per heavy atom. The van der Waals surface area contributed by atoms with E-state index in [0.717, 1.165) is 16.8 Å². The number of hydrogen-bond acceptors (Lipinski definition) is 4. The maximum atomic E-state index is 13.4. The largest absolute Gasteiger partial charge is 0.378 e. The van der Waals surface area contributed by atoms with E-state index in [9.17, 15) is 4.79 Å². The van der Waals surface area contributed by atoms with Crippen LogP contribution >= 0.6 is 0 Å². The fraction of sp³-hybridized carbons (Fsp3) is 0.304. The van der Waals surface area contributed by atoms with Gasteiger partial charge in [0.15, 0.2) is 0 Å². The summed E-state index contributed by atoms with van der Waals surface area (Å²) >= 11 is 0.